The molecule has 5 heteroatoms. The molecule has 28 heavy (non-hydrogen) atoms. The fourth-order valence-electron chi connectivity index (χ4n) is 3.78. The second-order valence-electron chi connectivity index (χ2n) is 7.45. The lowest BCUT2D eigenvalue weighted by Crippen LogP contribution is -2.19. The molecule has 0 spiro atoms. The molecule has 5 nitrogen and oxygen atoms in total. The monoisotopic (exact) mass is 377 g/mol. The number of likely N-dealkylation sites (N-methyl/N-ethyl adjacent to an activating group) is 1. The van der Waals surface area contributed by atoms with E-state index in [2.05, 4.69) is 47.1 Å². The summed E-state index contributed by atoms with van der Waals surface area (Å²) in [5.41, 5.74) is 5.87. The van der Waals surface area contributed by atoms with E-state index in [1.807, 2.05) is 26.2 Å². The SMILES string of the molecule is COc1ccc2nc(C)c3c(c2c1)N(c1ccc(OCCN(C)C)cc1)CC3. The zero-order valence-electron chi connectivity index (χ0n) is 17.0. The van der Waals surface area contributed by atoms with E-state index in [-0.39, 0.29) is 0 Å². The van der Waals surface area contributed by atoms with Gasteiger partial charge < -0.3 is 19.3 Å². The molecule has 3 aromatic rings. The van der Waals surface area contributed by atoms with Gasteiger partial charge in [0, 0.05) is 29.9 Å². The van der Waals surface area contributed by atoms with Gasteiger partial charge >= 0.3 is 0 Å². The number of hydrogen-bond donors (Lipinski definition) is 0. The second kappa shape index (κ2) is 7.68. The van der Waals surface area contributed by atoms with E-state index in [4.69, 9.17) is 14.5 Å². The summed E-state index contributed by atoms with van der Waals surface area (Å²) in [4.78, 5) is 9.31. The predicted molar refractivity (Wildman–Crippen MR) is 114 cm³/mol. The van der Waals surface area contributed by atoms with Crippen molar-refractivity contribution in [1.82, 2.24) is 9.88 Å². The maximum atomic E-state index is 5.84. The maximum Gasteiger partial charge on any atom is 0.119 e. The summed E-state index contributed by atoms with van der Waals surface area (Å²) in [5, 5.41) is 1.14. The quantitative estimate of drug-likeness (QED) is 0.644. The molecule has 2 heterocycles. The smallest absolute Gasteiger partial charge is 0.119 e. The van der Waals surface area contributed by atoms with Crippen LogP contribution in [0.1, 0.15) is 11.3 Å². The third kappa shape index (κ3) is 3.50. The molecule has 0 amide bonds. The lowest BCUT2D eigenvalue weighted by atomic mass is 10.1. The van der Waals surface area contributed by atoms with Crippen LogP contribution >= 0.6 is 0 Å². The second-order valence-corrected chi connectivity index (χ2v) is 7.45. The predicted octanol–water partition coefficient (Wildman–Crippen LogP) is 4.19. The molecule has 0 atom stereocenters. The van der Waals surface area contributed by atoms with Gasteiger partial charge in [-0.05, 0) is 75.5 Å². The maximum absolute atomic E-state index is 5.84. The Labute approximate surface area is 166 Å². The average Bonchev–Trinajstić information content (AvgIpc) is 3.14. The highest BCUT2D eigenvalue weighted by Crippen LogP contribution is 2.42. The molecular formula is C23H27N3O2. The number of anilines is 2. The molecule has 0 radical (unpaired) electrons. The highest BCUT2D eigenvalue weighted by atomic mass is 16.5. The largest absolute Gasteiger partial charge is 0.497 e. The Bertz CT molecular complexity index is 983. The van der Waals surface area contributed by atoms with Crippen LogP contribution < -0.4 is 14.4 Å². The van der Waals surface area contributed by atoms with Crippen molar-refractivity contribution < 1.29 is 9.47 Å². The topological polar surface area (TPSA) is 37.8 Å². The minimum Gasteiger partial charge on any atom is -0.497 e. The normalized spacial score (nSPS) is 13.2. The van der Waals surface area contributed by atoms with Crippen molar-refractivity contribution in [1.29, 1.82) is 0 Å². The summed E-state index contributed by atoms with van der Waals surface area (Å²) in [7, 11) is 5.80. The van der Waals surface area contributed by atoms with Gasteiger partial charge in [-0.1, -0.05) is 0 Å². The summed E-state index contributed by atoms with van der Waals surface area (Å²) < 4.78 is 11.3. The lowest BCUT2D eigenvalue weighted by molar-refractivity contribution is 0.261. The van der Waals surface area contributed by atoms with Crippen LogP contribution in [0.3, 0.4) is 0 Å². The van der Waals surface area contributed by atoms with E-state index in [1.54, 1.807) is 7.11 Å². The van der Waals surface area contributed by atoms with E-state index < -0.39 is 0 Å². The Morgan fingerprint density at radius 2 is 1.82 bits per heavy atom. The number of fused-ring (bicyclic) bond motifs is 3. The van der Waals surface area contributed by atoms with Crippen molar-refractivity contribution in [2.75, 3.05) is 45.8 Å². The molecule has 4 rings (SSSR count). The van der Waals surface area contributed by atoms with Crippen molar-refractivity contribution in [3.05, 3.63) is 53.7 Å². The zero-order valence-corrected chi connectivity index (χ0v) is 17.0. The Hall–Kier alpha value is -2.79. The molecule has 0 fully saturated rings. The van der Waals surface area contributed by atoms with E-state index >= 15 is 0 Å². The Morgan fingerprint density at radius 3 is 2.54 bits per heavy atom. The molecule has 146 valence electrons. The molecule has 0 N–H and O–H groups in total. The van der Waals surface area contributed by atoms with Crippen LogP contribution in [-0.2, 0) is 6.42 Å². The molecule has 2 aromatic carbocycles. The van der Waals surface area contributed by atoms with Crippen molar-refractivity contribution in [3.8, 4) is 11.5 Å². The summed E-state index contributed by atoms with van der Waals surface area (Å²) in [6.07, 6.45) is 1.00. The van der Waals surface area contributed by atoms with Crippen LogP contribution in [-0.4, -0.2) is 50.8 Å². The van der Waals surface area contributed by atoms with Crippen molar-refractivity contribution >= 4 is 22.3 Å². The molecule has 1 aromatic heterocycles. The van der Waals surface area contributed by atoms with E-state index in [9.17, 15) is 0 Å². The molecule has 0 aliphatic carbocycles. The first-order valence-electron chi connectivity index (χ1n) is 9.69. The zero-order chi connectivity index (χ0) is 19.7. The van der Waals surface area contributed by atoms with Gasteiger partial charge in [-0.3, -0.25) is 4.98 Å². The fourth-order valence-corrected chi connectivity index (χ4v) is 3.78. The number of aryl methyl sites for hydroxylation is 1. The number of aromatic nitrogens is 1. The number of ether oxygens (including phenoxy) is 2. The number of pyridine rings is 1. The van der Waals surface area contributed by atoms with Crippen LogP contribution in [0.4, 0.5) is 11.4 Å². The first-order valence-corrected chi connectivity index (χ1v) is 9.69. The first-order chi connectivity index (χ1) is 13.6. The Kier molecular flexibility index (Phi) is 5.09. The molecule has 0 bridgehead atoms. The van der Waals surface area contributed by atoms with Gasteiger partial charge in [0.15, 0.2) is 0 Å². The first kappa shape index (κ1) is 18.6. The van der Waals surface area contributed by atoms with Gasteiger partial charge in [-0.25, -0.2) is 0 Å². The van der Waals surface area contributed by atoms with Crippen molar-refractivity contribution in [3.63, 3.8) is 0 Å². The van der Waals surface area contributed by atoms with Crippen LogP contribution in [0.15, 0.2) is 42.5 Å². The van der Waals surface area contributed by atoms with Gasteiger partial charge in [0.25, 0.3) is 0 Å². The average molecular weight is 377 g/mol. The number of methoxy groups -OCH3 is 1. The molecular weight excluding hydrogens is 350 g/mol. The van der Waals surface area contributed by atoms with E-state index in [1.165, 1.54) is 16.9 Å². The molecule has 0 saturated carbocycles. The van der Waals surface area contributed by atoms with Crippen molar-refractivity contribution in [2.24, 2.45) is 0 Å². The molecule has 0 saturated heterocycles. The number of rotatable bonds is 6. The molecule has 1 aliphatic heterocycles. The molecule has 1 aliphatic rings. The minimum atomic E-state index is 0.689. The standard InChI is InChI=1S/C23H27N3O2/c1-16-20-11-12-26(17-5-7-18(8-6-17)28-14-13-25(2)3)23(20)21-15-19(27-4)9-10-22(21)24-16/h5-10,15H,11-14H2,1-4H3. The van der Waals surface area contributed by atoms with Gasteiger partial charge in [0.2, 0.25) is 0 Å². The van der Waals surface area contributed by atoms with Gasteiger partial charge in [0.05, 0.1) is 18.3 Å². The summed E-state index contributed by atoms with van der Waals surface area (Å²) in [6, 6.07) is 14.5. The minimum absolute atomic E-state index is 0.689. The Morgan fingerprint density at radius 1 is 1.07 bits per heavy atom. The van der Waals surface area contributed by atoms with Crippen LogP contribution in [0.5, 0.6) is 11.5 Å². The summed E-state index contributed by atoms with van der Waals surface area (Å²) >= 11 is 0. The van der Waals surface area contributed by atoms with E-state index in [0.29, 0.717) is 6.61 Å². The van der Waals surface area contributed by atoms with Gasteiger partial charge in [0.1, 0.15) is 18.1 Å². The van der Waals surface area contributed by atoms with Crippen LogP contribution in [0, 0.1) is 6.92 Å². The van der Waals surface area contributed by atoms with E-state index in [0.717, 1.165) is 47.6 Å². The van der Waals surface area contributed by atoms with Crippen LogP contribution in [0.2, 0.25) is 0 Å². The highest BCUT2D eigenvalue weighted by Gasteiger charge is 2.26. The highest BCUT2D eigenvalue weighted by molar-refractivity contribution is 5.98. The van der Waals surface area contributed by atoms with Crippen molar-refractivity contribution in [2.45, 2.75) is 13.3 Å². The summed E-state index contributed by atoms with van der Waals surface area (Å²) in [5.74, 6) is 1.76. The van der Waals surface area contributed by atoms with Gasteiger partial charge in [-0.2, -0.15) is 0 Å². The summed E-state index contributed by atoms with van der Waals surface area (Å²) in [6.45, 7) is 4.65. The fraction of sp³-hybridized carbons (Fsp3) is 0.348. The Balaban J connectivity index is 1.67. The lowest BCUT2D eigenvalue weighted by Gasteiger charge is -2.22. The molecule has 0 unspecified atom stereocenters. The van der Waals surface area contributed by atoms with Gasteiger partial charge in [-0.15, -0.1) is 0 Å². The third-order valence-electron chi connectivity index (χ3n) is 5.28. The third-order valence-corrected chi connectivity index (χ3v) is 5.28. The van der Waals surface area contributed by atoms with Crippen LogP contribution in [0.25, 0.3) is 10.9 Å². The number of benzene rings is 2. The number of nitrogens with zero attached hydrogens (tertiary/aromatic N) is 3. The number of hydrogen-bond acceptors (Lipinski definition) is 5.